The molecule has 0 spiro atoms. The van der Waals surface area contributed by atoms with E-state index in [2.05, 4.69) is 10.6 Å². The van der Waals surface area contributed by atoms with Gasteiger partial charge in [0.05, 0.1) is 24.0 Å². The molecule has 1 aliphatic rings. The van der Waals surface area contributed by atoms with Gasteiger partial charge in [-0.1, -0.05) is 6.92 Å². The van der Waals surface area contributed by atoms with Crippen molar-refractivity contribution in [2.75, 3.05) is 11.9 Å². The van der Waals surface area contributed by atoms with E-state index in [1.54, 1.807) is 6.92 Å². The predicted molar refractivity (Wildman–Crippen MR) is 103 cm³/mol. The topological polar surface area (TPSA) is 121 Å². The SMILES string of the molecule is CCOC(=O)c1scc(NC2=C(N[C@H](CC)c3ccc(C)o3)C(=O)C2O)c1O. The monoisotopic (exact) mass is 406 g/mol. The van der Waals surface area contributed by atoms with Gasteiger partial charge < -0.3 is 30.0 Å². The molecule has 2 aromatic heterocycles. The predicted octanol–water partition coefficient (Wildman–Crippen LogP) is 2.84. The normalized spacial score (nSPS) is 17.3. The lowest BCUT2D eigenvalue weighted by Gasteiger charge is -2.31. The molecule has 0 fully saturated rings. The molecule has 9 heteroatoms. The number of furan rings is 1. The average molecular weight is 406 g/mol. The zero-order valence-electron chi connectivity index (χ0n) is 15.7. The van der Waals surface area contributed by atoms with Crippen LogP contribution in [-0.2, 0) is 9.53 Å². The molecule has 1 unspecified atom stereocenters. The highest BCUT2D eigenvalue weighted by molar-refractivity contribution is 7.13. The van der Waals surface area contributed by atoms with Crippen molar-refractivity contribution in [1.82, 2.24) is 5.32 Å². The first-order valence-electron chi connectivity index (χ1n) is 8.91. The second kappa shape index (κ2) is 8.07. The number of hydrogen-bond acceptors (Lipinski definition) is 9. The molecule has 4 N–H and O–H groups in total. The lowest BCUT2D eigenvalue weighted by Crippen LogP contribution is -2.46. The Morgan fingerprint density at radius 1 is 1.39 bits per heavy atom. The maximum atomic E-state index is 12.2. The smallest absolute Gasteiger partial charge is 0.352 e. The fourth-order valence-electron chi connectivity index (χ4n) is 2.86. The number of carbonyl (C=O) groups excluding carboxylic acids is 2. The molecule has 28 heavy (non-hydrogen) atoms. The lowest BCUT2D eigenvalue weighted by atomic mass is 9.93. The molecular formula is C19H22N2O6S. The van der Waals surface area contributed by atoms with Crippen LogP contribution < -0.4 is 10.6 Å². The van der Waals surface area contributed by atoms with Gasteiger partial charge in [0.15, 0.2) is 16.7 Å². The standard InChI is InChI=1S/C19H22N2O6S/c1-4-10(12-7-6-9(3)27-12)20-13-14(17(24)16(13)23)21-11-8-28-18(15(11)22)19(25)26-5-2/h6-8,10,17,20-22,24H,4-5H2,1-3H3/t10-,17?/m1/s1. The number of anilines is 1. The molecule has 3 rings (SSSR count). The van der Waals surface area contributed by atoms with Crippen LogP contribution in [-0.4, -0.2) is 34.7 Å². The fraction of sp³-hybridized carbons (Fsp3) is 0.368. The van der Waals surface area contributed by atoms with Crippen LogP contribution in [0.15, 0.2) is 33.3 Å². The minimum atomic E-state index is -1.33. The Morgan fingerprint density at radius 2 is 2.14 bits per heavy atom. The number of carbonyl (C=O) groups is 2. The van der Waals surface area contributed by atoms with E-state index in [4.69, 9.17) is 9.15 Å². The Bertz CT molecular complexity index is 929. The molecule has 0 saturated heterocycles. The van der Waals surface area contributed by atoms with Crippen molar-refractivity contribution in [3.8, 4) is 5.75 Å². The number of aromatic hydroxyl groups is 1. The number of ether oxygens (including phenoxy) is 1. The quantitative estimate of drug-likeness (QED) is 0.494. The Hall–Kier alpha value is -2.78. The number of ketones is 1. The third-order valence-electron chi connectivity index (χ3n) is 4.36. The van der Waals surface area contributed by atoms with Crippen LogP contribution in [0.1, 0.15) is 47.5 Å². The van der Waals surface area contributed by atoms with Gasteiger partial charge in [-0.15, -0.1) is 11.3 Å². The molecule has 0 aromatic carbocycles. The van der Waals surface area contributed by atoms with Crippen molar-refractivity contribution in [2.45, 2.75) is 39.3 Å². The summed E-state index contributed by atoms with van der Waals surface area (Å²) in [4.78, 5) is 24.0. The molecule has 0 amide bonds. The highest BCUT2D eigenvalue weighted by Crippen LogP contribution is 2.38. The van der Waals surface area contributed by atoms with Gasteiger partial charge in [0.25, 0.3) is 0 Å². The molecule has 2 heterocycles. The van der Waals surface area contributed by atoms with Crippen molar-refractivity contribution in [2.24, 2.45) is 0 Å². The number of Topliss-reactive ketones (excluding diaryl/α,β-unsaturated/α-hetero) is 1. The van der Waals surface area contributed by atoms with Gasteiger partial charge in [0, 0.05) is 5.38 Å². The molecule has 2 aromatic rings. The number of esters is 1. The van der Waals surface area contributed by atoms with Crippen molar-refractivity contribution >= 4 is 28.8 Å². The van der Waals surface area contributed by atoms with Crippen LogP contribution >= 0.6 is 11.3 Å². The third-order valence-corrected chi connectivity index (χ3v) is 5.31. The van der Waals surface area contributed by atoms with E-state index in [1.807, 2.05) is 26.0 Å². The van der Waals surface area contributed by atoms with Crippen LogP contribution in [0.25, 0.3) is 0 Å². The highest BCUT2D eigenvalue weighted by atomic mass is 32.1. The summed E-state index contributed by atoms with van der Waals surface area (Å²) in [7, 11) is 0. The van der Waals surface area contributed by atoms with Gasteiger partial charge in [-0.2, -0.15) is 0 Å². The molecule has 1 aliphatic carbocycles. The van der Waals surface area contributed by atoms with Crippen molar-refractivity contribution in [1.29, 1.82) is 0 Å². The number of aryl methyl sites for hydroxylation is 1. The van der Waals surface area contributed by atoms with E-state index in [1.165, 1.54) is 5.38 Å². The van der Waals surface area contributed by atoms with Gasteiger partial charge in [-0.3, -0.25) is 4.79 Å². The molecule has 0 radical (unpaired) electrons. The maximum Gasteiger partial charge on any atom is 0.352 e. The van der Waals surface area contributed by atoms with Crippen LogP contribution in [0.5, 0.6) is 5.75 Å². The van der Waals surface area contributed by atoms with Crippen LogP contribution in [0, 0.1) is 6.92 Å². The summed E-state index contributed by atoms with van der Waals surface area (Å²) < 4.78 is 10.5. The number of hydrogen-bond donors (Lipinski definition) is 4. The second-order valence-electron chi connectivity index (χ2n) is 6.28. The van der Waals surface area contributed by atoms with E-state index >= 15 is 0 Å². The Morgan fingerprint density at radius 3 is 2.75 bits per heavy atom. The first kappa shape index (κ1) is 20.0. The molecule has 0 bridgehead atoms. The minimum absolute atomic E-state index is 0.0529. The third kappa shape index (κ3) is 3.63. The lowest BCUT2D eigenvalue weighted by molar-refractivity contribution is -0.125. The Labute approximate surface area is 165 Å². The molecule has 8 nitrogen and oxygen atoms in total. The van der Waals surface area contributed by atoms with Gasteiger partial charge in [0.1, 0.15) is 17.2 Å². The van der Waals surface area contributed by atoms with E-state index in [9.17, 15) is 19.8 Å². The first-order valence-corrected chi connectivity index (χ1v) is 9.79. The summed E-state index contributed by atoms with van der Waals surface area (Å²) in [5.41, 5.74) is 0.669. The minimum Gasteiger partial charge on any atom is -0.504 e. The van der Waals surface area contributed by atoms with Gasteiger partial charge in [-0.05, 0) is 32.4 Å². The summed E-state index contributed by atoms with van der Waals surface area (Å²) >= 11 is 1.01. The van der Waals surface area contributed by atoms with Gasteiger partial charge >= 0.3 is 5.97 Å². The van der Waals surface area contributed by atoms with E-state index < -0.39 is 17.9 Å². The van der Waals surface area contributed by atoms with Gasteiger partial charge in [0.2, 0.25) is 5.78 Å². The average Bonchev–Trinajstić information content (AvgIpc) is 3.27. The molecule has 150 valence electrons. The Balaban J connectivity index is 1.82. The molecule has 2 atom stereocenters. The molecule has 0 saturated carbocycles. The number of rotatable bonds is 8. The number of thiophene rings is 1. The fourth-order valence-corrected chi connectivity index (χ4v) is 3.64. The Kier molecular flexibility index (Phi) is 5.76. The first-order chi connectivity index (χ1) is 13.4. The van der Waals surface area contributed by atoms with Crippen molar-refractivity contribution in [3.05, 3.63) is 45.3 Å². The zero-order valence-corrected chi connectivity index (χ0v) is 16.6. The van der Waals surface area contributed by atoms with Gasteiger partial charge in [-0.25, -0.2) is 4.79 Å². The second-order valence-corrected chi connectivity index (χ2v) is 7.16. The van der Waals surface area contributed by atoms with Crippen molar-refractivity contribution < 1.29 is 29.0 Å². The molecule has 0 aliphatic heterocycles. The number of nitrogens with one attached hydrogen (secondary N) is 2. The van der Waals surface area contributed by atoms with Crippen LogP contribution in [0.2, 0.25) is 0 Å². The van der Waals surface area contributed by atoms with Crippen molar-refractivity contribution in [3.63, 3.8) is 0 Å². The maximum absolute atomic E-state index is 12.2. The largest absolute Gasteiger partial charge is 0.504 e. The summed E-state index contributed by atoms with van der Waals surface area (Å²) in [6, 6.07) is 3.42. The van der Waals surface area contributed by atoms with E-state index in [0.29, 0.717) is 12.2 Å². The zero-order chi connectivity index (χ0) is 20.4. The van der Waals surface area contributed by atoms with Crippen LogP contribution in [0.4, 0.5) is 5.69 Å². The van der Waals surface area contributed by atoms with Crippen LogP contribution in [0.3, 0.4) is 0 Å². The highest BCUT2D eigenvalue weighted by Gasteiger charge is 2.40. The summed E-state index contributed by atoms with van der Waals surface area (Å²) in [5, 5.41) is 27.8. The number of aliphatic hydroxyl groups excluding tert-OH is 1. The summed E-state index contributed by atoms with van der Waals surface area (Å²) in [5.74, 6) is 0.0798. The summed E-state index contributed by atoms with van der Waals surface area (Å²) in [6.07, 6.45) is -0.673. The summed E-state index contributed by atoms with van der Waals surface area (Å²) in [6.45, 7) is 5.64. The number of aliphatic hydroxyl groups is 1. The van der Waals surface area contributed by atoms with E-state index in [-0.39, 0.29) is 40.4 Å². The van der Waals surface area contributed by atoms with E-state index in [0.717, 1.165) is 17.1 Å². The molecular weight excluding hydrogens is 384 g/mol.